The summed E-state index contributed by atoms with van der Waals surface area (Å²) in [6.45, 7) is 3.62. The Kier molecular flexibility index (Phi) is 5.06. The molecule has 1 aliphatic heterocycles. The van der Waals surface area contributed by atoms with Gasteiger partial charge in [-0.2, -0.15) is 11.8 Å². The van der Waals surface area contributed by atoms with Crippen LogP contribution in [0.2, 0.25) is 0 Å². The van der Waals surface area contributed by atoms with E-state index in [9.17, 15) is 4.79 Å². The Morgan fingerprint density at radius 1 is 1.39 bits per heavy atom. The van der Waals surface area contributed by atoms with E-state index in [-0.39, 0.29) is 5.91 Å². The fraction of sp³-hybridized carbons (Fsp3) is 0.444. The molecule has 1 aliphatic rings. The highest BCUT2D eigenvalue weighted by Crippen LogP contribution is 2.23. The summed E-state index contributed by atoms with van der Waals surface area (Å²) in [5.41, 5.74) is 2.42. The molecular weight excluding hydrogens is 306 g/mol. The number of thioether (sulfide) groups is 1. The molecule has 0 unspecified atom stereocenters. The van der Waals surface area contributed by atoms with Crippen LogP contribution < -0.4 is 0 Å². The Morgan fingerprint density at radius 2 is 2.17 bits per heavy atom. The molecule has 0 aliphatic carbocycles. The first-order valence-electron chi connectivity index (χ1n) is 8.09. The summed E-state index contributed by atoms with van der Waals surface area (Å²) in [6.07, 6.45) is 4.44. The number of benzene rings is 1. The second-order valence-electron chi connectivity index (χ2n) is 6.14. The lowest BCUT2D eigenvalue weighted by molar-refractivity contribution is 0.0679. The summed E-state index contributed by atoms with van der Waals surface area (Å²) in [6, 6.07) is 9.94. The number of aromatic amines is 1. The van der Waals surface area contributed by atoms with Gasteiger partial charge in [-0.1, -0.05) is 30.3 Å². The number of carbonyl (C=O) groups is 1. The fourth-order valence-electron chi connectivity index (χ4n) is 3.17. The normalized spacial score (nSPS) is 18.2. The van der Waals surface area contributed by atoms with Gasteiger partial charge in [0.1, 0.15) is 11.5 Å². The minimum Gasteiger partial charge on any atom is -0.341 e. The minimum absolute atomic E-state index is 0.0618. The first kappa shape index (κ1) is 16.1. The van der Waals surface area contributed by atoms with Gasteiger partial charge in [-0.05, 0) is 37.7 Å². The van der Waals surface area contributed by atoms with Crippen molar-refractivity contribution >= 4 is 17.7 Å². The molecule has 1 aromatic heterocycles. The van der Waals surface area contributed by atoms with Crippen LogP contribution in [0.5, 0.6) is 0 Å². The van der Waals surface area contributed by atoms with Gasteiger partial charge in [-0.3, -0.25) is 4.79 Å². The Labute approximate surface area is 141 Å². The Hall–Kier alpha value is -1.75. The molecule has 1 atom stereocenters. The molecule has 2 aromatic rings. The number of H-pyrrole nitrogens is 1. The highest BCUT2D eigenvalue weighted by molar-refractivity contribution is 7.98. The molecule has 1 N–H and O–H groups in total. The number of nitrogens with zero attached hydrogens (tertiary/aromatic N) is 2. The number of amides is 1. The SMILES string of the molecule is CSC[C@H]1CCCN(C(=O)c2nc(-c3ccccc3)[nH]c2C)C1. The predicted molar refractivity (Wildman–Crippen MR) is 95.8 cm³/mol. The molecule has 4 nitrogen and oxygen atoms in total. The van der Waals surface area contributed by atoms with Gasteiger partial charge in [0.25, 0.3) is 5.91 Å². The van der Waals surface area contributed by atoms with E-state index in [1.807, 2.05) is 53.9 Å². The van der Waals surface area contributed by atoms with E-state index in [1.165, 1.54) is 6.42 Å². The highest BCUT2D eigenvalue weighted by atomic mass is 32.2. The molecule has 3 rings (SSSR count). The standard InChI is InChI=1S/C18H23N3OS/c1-13-16(20-17(19-13)15-8-4-3-5-9-15)18(22)21-10-6-7-14(11-21)12-23-2/h3-5,8-9,14H,6-7,10-12H2,1-2H3,(H,19,20)/t14-/m0/s1. The number of aromatic nitrogens is 2. The van der Waals surface area contributed by atoms with Gasteiger partial charge in [-0.15, -0.1) is 0 Å². The number of piperidine rings is 1. The van der Waals surface area contributed by atoms with Crippen LogP contribution in [0, 0.1) is 12.8 Å². The Morgan fingerprint density at radius 3 is 2.91 bits per heavy atom. The summed E-state index contributed by atoms with van der Waals surface area (Å²) < 4.78 is 0. The Bertz CT molecular complexity index is 666. The molecule has 0 bridgehead atoms. The van der Waals surface area contributed by atoms with E-state index in [2.05, 4.69) is 16.2 Å². The van der Waals surface area contributed by atoms with Gasteiger partial charge in [0, 0.05) is 24.3 Å². The van der Waals surface area contributed by atoms with E-state index in [0.29, 0.717) is 11.6 Å². The van der Waals surface area contributed by atoms with Crippen molar-refractivity contribution in [1.82, 2.24) is 14.9 Å². The maximum atomic E-state index is 12.9. The van der Waals surface area contributed by atoms with Crippen molar-refractivity contribution in [3.63, 3.8) is 0 Å². The maximum absolute atomic E-state index is 12.9. The van der Waals surface area contributed by atoms with Gasteiger partial charge >= 0.3 is 0 Å². The van der Waals surface area contributed by atoms with Gasteiger partial charge in [0.2, 0.25) is 0 Å². The molecule has 1 fully saturated rings. The third-order valence-corrected chi connectivity index (χ3v) is 5.15. The molecular formula is C18H23N3OS. The molecule has 2 heterocycles. The fourth-order valence-corrected chi connectivity index (χ4v) is 3.92. The maximum Gasteiger partial charge on any atom is 0.274 e. The first-order chi connectivity index (χ1) is 11.2. The second-order valence-corrected chi connectivity index (χ2v) is 7.05. The van der Waals surface area contributed by atoms with E-state index < -0.39 is 0 Å². The topological polar surface area (TPSA) is 49.0 Å². The number of hydrogen-bond donors (Lipinski definition) is 1. The summed E-state index contributed by atoms with van der Waals surface area (Å²) in [4.78, 5) is 22.7. The van der Waals surface area contributed by atoms with Crippen LogP contribution in [0.25, 0.3) is 11.4 Å². The van der Waals surface area contributed by atoms with Crippen molar-refractivity contribution in [2.45, 2.75) is 19.8 Å². The lowest BCUT2D eigenvalue weighted by Crippen LogP contribution is -2.41. The van der Waals surface area contributed by atoms with Crippen LogP contribution in [0.3, 0.4) is 0 Å². The highest BCUT2D eigenvalue weighted by Gasteiger charge is 2.27. The van der Waals surface area contributed by atoms with E-state index in [0.717, 1.165) is 42.3 Å². The molecule has 1 amide bonds. The van der Waals surface area contributed by atoms with Crippen LogP contribution in [0.15, 0.2) is 30.3 Å². The zero-order chi connectivity index (χ0) is 16.2. The van der Waals surface area contributed by atoms with Crippen molar-refractivity contribution in [1.29, 1.82) is 0 Å². The first-order valence-corrected chi connectivity index (χ1v) is 9.48. The number of hydrogen-bond acceptors (Lipinski definition) is 3. The molecule has 23 heavy (non-hydrogen) atoms. The van der Waals surface area contributed by atoms with Gasteiger partial charge in [0.05, 0.1) is 0 Å². The quantitative estimate of drug-likeness (QED) is 0.932. The average molecular weight is 329 g/mol. The molecule has 5 heteroatoms. The lowest BCUT2D eigenvalue weighted by Gasteiger charge is -2.32. The summed E-state index contributed by atoms with van der Waals surface area (Å²) in [5.74, 6) is 2.56. The van der Waals surface area contributed by atoms with Crippen molar-refractivity contribution in [2.75, 3.05) is 25.1 Å². The van der Waals surface area contributed by atoms with Crippen molar-refractivity contribution in [2.24, 2.45) is 5.92 Å². The number of carbonyl (C=O) groups excluding carboxylic acids is 1. The van der Waals surface area contributed by atoms with Gasteiger partial charge in [0.15, 0.2) is 0 Å². The molecule has 0 spiro atoms. The molecule has 122 valence electrons. The van der Waals surface area contributed by atoms with Gasteiger partial charge < -0.3 is 9.88 Å². The van der Waals surface area contributed by atoms with Crippen molar-refractivity contribution in [3.8, 4) is 11.4 Å². The lowest BCUT2D eigenvalue weighted by atomic mass is 10.00. The van der Waals surface area contributed by atoms with Gasteiger partial charge in [-0.25, -0.2) is 4.98 Å². The minimum atomic E-state index is 0.0618. The van der Waals surface area contributed by atoms with Crippen molar-refractivity contribution < 1.29 is 4.79 Å². The Balaban J connectivity index is 1.79. The predicted octanol–water partition coefficient (Wildman–Crippen LogP) is 3.60. The van der Waals surface area contributed by atoms with Crippen LogP contribution in [0.4, 0.5) is 0 Å². The van der Waals surface area contributed by atoms with Crippen LogP contribution >= 0.6 is 11.8 Å². The third-order valence-electron chi connectivity index (χ3n) is 4.34. The monoisotopic (exact) mass is 329 g/mol. The van der Waals surface area contributed by atoms with Crippen LogP contribution in [-0.4, -0.2) is 45.9 Å². The second kappa shape index (κ2) is 7.21. The average Bonchev–Trinajstić information content (AvgIpc) is 2.97. The molecule has 1 saturated heterocycles. The number of likely N-dealkylation sites (tertiary alicyclic amines) is 1. The summed E-state index contributed by atoms with van der Waals surface area (Å²) >= 11 is 1.86. The number of imidazole rings is 1. The smallest absolute Gasteiger partial charge is 0.274 e. The van der Waals surface area contributed by atoms with E-state index in [1.54, 1.807) is 0 Å². The van der Waals surface area contributed by atoms with E-state index in [4.69, 9.17) is 0 Å². The largest absolute Gasteiger partial charge is 0.341 e. The zero-order valence-electron chi connectivity index (χ0n) is 13.7. The molecule has 0 radical (unpaired) electrons. The molecule has 0 saturated carbocycles. The zero-order valence-corrected chi connectivity index (χ0v) is 14.5. The van der Waals surface area contributed by atoms with Crippen LogP contribution in [-0.2, 0) is 0 Å². The number of nitrogens with one attached hydrogen (secondary N) is 1. The number of aryl methyl sites for hydroxylation is 1. The van der Waals surface area contributed by atoms with E-state index >= 15 is 0 Å². The van der Waals surface area contributed by atoms with Crippen LogP contribution in [0.1, 0.15) is 29.0 Å². The summed E-state index contributed by atoms with van der Waals surface area (Å²) in [7, 11) is 0. The van der Waals surface area contributed by atoms with Crippen molar-refractivity contribution in [3.05, 3.63) is 41.7 Å². The third kappa shape index (κ3) is 3.61. The number of rotatable bonds is 4. The summed E-state index contributed by atoms with van der Waals surface area (Å²) in [5, 5.41) is 0. The molecule has 1 aromatic carbocycles.